The van der Waals surface area contributed by atoms with E-state index in [1.165, 1.54) is 5.56 Å². The Bertz CT molecular complexity index is 684. The van der Waals surface area contributed by atoms with Crippen molar-refractivity contribution in [2.24, 2.45) is 0 Å². The first-order valence-corrected chi connectivity index (χ1v) is 7.26. The summed E-state index contributed by atoms with van der Waals surface area (Å²) >= 11 is 3.51. The van der Waals surface area contributed by atoms with Crippen molar-refractivity contribution in [1.82, 2.24) is 0 Å². The highest BCUT2D eigenvalue weighted by atomic mass is 79.9. The molecule has 2 aromatic rings. The summed E-state index contributed by atoms with van der Waals surface area (Å²) in [6, 6.07) is 14.2. The van der Waals surface area contributed by atoms with Crippen molar-refractivity contribution >= 4 is 38.9 Å². The zero-order valence-electron chi connectivity index (χ0n) is 11.4. The summed E-state index contributed by atoms with van der Waals surface area (Å²) in [6.07, 6.45) is 0. The quantitative estimate of drug-likeness (QED) is 0.792. The van der Waals surface area contributed by atoms with Gasteiger partial charge in [0.15, 0.2) is 0 Å². The zero-order valence-corrected chi connectivity index (χ0v) is 13.0. The predicted molar refractivity (Wildman–Crippen MR) is 85.7 cm³/mol. The Morgan fingerprint density at radius 3 is 2.65 bits per heavy atom. The minimum atomic E-state index is 0.0985. The Balaban J connectivity index is 2.16. The van der Waals surface area contributed by atoms with Crippen molar-refractivity contribution in [3.63, 3.8) is 0 Å². The second-order valence-electron chi connectivity index (χ2n) is 5.01. The molecule has 0 saturated heterocycles. The van der Waals surface area contributed by atoms with Gasteiger partial charge in [-0.25, -0.2) is 0 Å². The first-order valence-electron chi connectivity index (χ1n) is 6.46. The first kappa shape index (κ1) is 13.2. The largest absolute Gasteiger partial charge is 0.330 e. The van der Waals surface area contributed by atoms with E-state index >= 15 is 0 Å². The maximum Gasteiger partial charge on any atom is 0.246 e. The normalized spacial score (nSPS) is 14.4. The average Bonchev–Trinajstić information content (AvgIpc) is 2.42. The molecule has 0 N–H and O–H groups in total. The Labute approximate surface area is 126 Å². The van der Waals surface area contributed by atoms with Gasteiger partial charge < -0.3 is 9.80 Å². The van der Waals surface area contributed by atoms with E-state index in [-0.39, 0.29) is 5.91 Å². The molecule has 0 fully saturated rings. The second-order valence-corrected chi connectivity index (χ2v) is 5.93. The summed E-state index contributed by atoms with van der Waals surface area (Å²) in [7, 11) is 1.82. The Hall–Kier alpha value is -1.81. The molecule has 102 valence electrons. The van der Waals surface area contributed by atoms with Gasteiger partial charge in [0.2, 0.25) is 5.91 Å². The van der Waals surface area contributed by atoms with Crippen LogP contribution in [0.15, 0.2) is 46.9 Å². The van der Waals surface area contributed by atoms with Crippen LogP contribution in [0.5, 0.6) is 0 Å². The molecule has 1 aliphatic heterocycles. The fourth-order valence-corrected chi connectivity index (χ4v) is 2.83. The number of fused-ring (bicyclic) bond motifs is 1. The van der Waals surface area contributed by atoms with Gasteiger partial charge >= 0.3 is 0 Å². The van der Waals surface area contributed by atoms with Crippen LogP contribution in [0.1, 0.15) is 5.56 Å². The first-order chi connectivity index (χ1) is 9.56. The van der Waals surface area contributed by atoms with Crippen LogP contribution in [0.2, 0.25) is 0 Å². The fraction of sp³-hybridized carbons (Fsp3) is 0.188. The summed E-state index contributed by atoms with van der Waals surface area (Å²) in [6.45, 7) is 2.42. The van der Waals surface area contributed by atoms with Crippen LogP contribution in [0, 0.1) is 6.92 Å². The number of hydrogen-bond acceptors (Lipinski definition) is 2. The molecule has 3 rings (SSSR count). The maximum absolute atomic E-state index is 12.2. The van der Waals surface area contributed by atoms with Gasteiger partial charge in [0.1, 0.15) is 6.54 Å². The Kier molecular flexibility index (Phi) is 3.26. The van der Waals surface area contributed by atoms with Crippen LogP contribution < -0.4 is 9.80 Å². The van der Waals surface area contributed by atoms with E-state index in [2.05, 4.69) is 46.0 Å². The Morgan fingerprint density at radius 1 is 1.10 bits per heavy atom. The summed E-state index contributed by atoms with van der Waals surface area (Å²) in [5, 5.41) is 0. The van der Waals surface area contributed by atoms with E-state index in [1.54, 1.807) is 4.90 Å². The zero-order chi connectivity index (χ0) is 14.3. The van der Waals surface area contributed by atoms with Crippen molar-refractivity contribution in [2.45, 2.75) is 6.92 Å². The smallest absolute Gasteiger partial charge is 0.246 e. The number of rotatable bonds is 1. The number of halogens is 1. The third-order valence-electron chi connectivity index (χ3n) is 3.57. The van der Waals surface area contributed by atoms with Crippen LogP contribution >= 0.6 is 15.9 Å². The van der Waals surface area contributed by atoms with Gasteiger partial charge in [-0.3, -0.25) is 4.79 Å². The van der Waals surface area contributed by atoms with E-state index in [9.17, 15) is 4.79 Å². The molecule has 0 saturated carbocycles. The number of nitrogens with zero attached hydrogens (tertiary/aromatic N) is 2. The molecule has 3 nitrogen and oxygen atoms in total. The van der Waals surface area contributed by atoms with Crippen molar-refractivity contribution in [2.75, 3.05) is 23.4 Å². The maximum atomic E-state index is 12.2. The summed E-state index contributed by atoms with van der Waals surface area (Å²) < 4.78 is 1.01. The topological polar surface area (TPSA) is 23.6 Å². The highest BCUT2D eigenvalue weighted by Gasteiger charge is 2.27. The molecule has 20 heavy (non-hydrogen) atoms. The van der Waals surface area contributed by atoms with E-state index in [0.29, 0.717) is 6.54 Å². The van der Waals surface area contributed by atoms with Gasteiger partial charge in [0.05, 0.1) is 11.4 Å². The molecule has 1 heterocycles. The summed E-state index contributed by atoms with van der Waals surface area (Å²) in [5.41, 5.74) is 4.22. The van der Waals surface area contributed by atoms with Crippen LogP contribution in [0.3, 0.4) is 0 Å². The molecular formula is C16H15BrN2O. The molecule has 0 aromatic heterocycles. The lowest BCUT2D eigenvalue weighted by molar-refractivity contribution is -0.117. The van der Waals surface area contributed by atoms with Crippen molar-refractivity contribution < 1.29 is 4.79 Å². The molecule has 0 spiro atoms. The second kappa shape index (κ2) is 4.94. The third kappa shape index (κ3) is 2.20. The average molecular weight is 331 g/mol. The van der Waals surface area contributed by atoms with Gasteiger partial charge in [-0.05, 0) is 42.8 Å². The standard InChI is InChI=1S/C16H15BrN2O/c1-11-4-3-5-13(8-11)19-10-16(20)18(2)14-7-6-12(17)9-15(14)19/h3-9H,10H2,1-2H3. The summed E-state index contributed by atoms with van der Waals surface area (Å²) in [4.78, 5) is 16.0. The van der Waals surface area contributed by atoms with Crippen LogP contribution in [-0.4, -0.2) is 19.5 Å². The molecule has 4 heteroatoms. The lowest BCUT2D eigenvalue weighted by atomic mass is 10.1. The van der Waals surface area contributed by atoms with E-state index in [4.69, 9.17) is 0 Å². The highest BCUT2D eigenvalue weighted by molar-refractivity contribution is 9.10. The number of likely N-dealkylation sites (N-methyl/N-ethyl adjacent to an activating group) is 1. The number of hydrogen-bond donors (Lipinski definition) is 0. The van der Waals surface area contributed by atoms with Gasteiger partial charge in [-0.15, -0.1) is 0 Å². The lowest BCUT2D eigenvalue weighted by Crippen LogP contribution is -2.41. The molecule has 2 aromatic carbocycles. The van der Waals surface area contributed by atoms with Gasteiger partial charge in [0, 0.05) is 17.2 Å². The van der Waals surface area contributed by atoms with Gasteiger partial charge in [0.25, 0.3) is 0 Å². The number of amides is 1. The molecule has 0 unspecified atom stereocenters. The number of anilines is 3. The molecule has 1 aliphatic rings. The highest BCUT2D eigenvalue weighted by Crippen LogP contribution is 2.39. The monoisotopic (exact) mass is 330 g/mol. The van der Waals surface area contributed by atoms with E-state index < -0.39 is 0 Å². The molecule has 0 atom stereocenters. The lowest BCUT2D eigenvalue weighted by Gasteiger charge is -2.35. The molecular weight excluding hydrogens is 316 g/mol. The fourth-order valence-electron chi connectivity index (χ4n) is 2.48. The molecule has 0 aliphatic carbocycles. The van der Waals surface area contributed by atoms with Crippen LogP contribution in [0.4, 0.5) is 17.1 Å². The SMILES string of the molecule is Cc1cccc(N2CC(=O)N(C)c3ccc(Br)cc32)c1. The summed E-state index contributed by atoms with van der Waals surface area (Å²) in [5.74, 6) is 0.0985. The van der Waals surface area contributed by atoms with Crippen molar-refractivity contribution in [3.05, 3.63) is 52.5 Å². The van der Waals surface area contributed by atoms with E-state index in [0.717, 1.165) is 21.5 Å². The minimum Gasteiger partial charge on any atom is -0.330 e. The number of aryl methyl sites for hydroxylation is 1. The molecule has 0 radical (unpaired) electrons. The van der Waals surface area contributed by atoms with Crippen LogP contribution in [-0.2, 0) is 4.79 Å². The predicted octanol–water partition coefficient (Wildman–Crippen LogP) is 3.87. The van der Waals surface area contributed by atoms with E-state index in [1.807, 2.05) is 31.3 Å². The molecule has 0 bridgehead atoms. The number of carbonyl (C=O) groups is 1. The van der Waals surface area contributed by atoms with Gasteiger partial charge in [-0.1, -0.05) is 28.1 Å². The third-order valence-corrected chi connectivity index (χ3v) is 4.06. The number of carbonyl (C=O) groups excluding carboxylic acids is 1. The van der Waals surface area contributed by atoms with Gasteiger partial charge in [-0.2, -0.15) is 0 Å². The minimum absolute atomic E-state index is 0.0985. The molecule has 1 amide bonds. The Morgan fingerprint density at radius 2 is 1.90 bits per heavy atom. The van der Waals surface area contributed by atoms with Crippen LogP contribution in [0.25, 0.3) is 0 Å². The number of benzene rings is 2. The van der Waals surface area contributed by atoms with Crippen molar-refractivity contribution in [1.29, 1.82) is 0 Å². The van der Waals surface area contributed by atoms with Crippen molar-refractivity contribution in [3.8, 4) is 0 Å².